The third-order valence-electron chi connectivity index (χ3n) is 6.14. The van der Waals surface area contributed by atoms with Crippen molar-refractivity contribution in [3.05, 3.63) is 41.2 Å². The summed E-state index contributed by atoms with van der Waals surface area (Å²) in [5.41, 5.74) is 10.5. The van der Waals surface area contributed by atoms with Gasteiger partial charge in [0.1, 0.15) is 5.75 Å². The van der Waals surface area contributed by atoms with Gasteiger partial charge in [0.05, 0.1) is 5.56 Å². The molecule has 0 bridgehead atoms. The topological polar surface area (TPSA) is 68.2 Å². The second kappa shape index (κ2) is 9.31. The first-order valence-corrected chi connectivity index (χ1v) is 10.9. The highest BCUT2D eigenvalue weighted by molar-refractivity contribution is 6.02. The number of unbranched alkanes of at least 4 members (excludes halogenated alkanes) is 1. The maximum Gasteiger partial charge on any atom is 0.251 e. The smallest absolute Gasteiger partial charge is 0.251 e. The summed E-state index contributed by atoms with van der Waals surface area (Å²) >= 11 is 0. The molecule has 1 aliphatic carbocycles. The molecule has 0 radical (unpaired) electrons. The number of aromatic hydroxyl groups is 1. The molecule has 1 fully saturated rings. The van der Waals surface area contributed by atoms with Crippen LogP contribution < -0.4 is 5.73 Å². The maximum absolute atomic E-state index is 12.5. The van der Waals surface area contributed by atoms with Crippen LogP contribution in [-0.2, 0) is 6.42 Å². The molecule has 0 saturated heterocycles. The normalized spacial score (nSPS) is 15.9. The van der Waals surface area contributed by atoms with Crippen molar-refractivity contribution in [1.82, 2.24) is 4.57 Å². The molecule has 4 heteroatoms. The summed E-state index contributed by atoms with van der Waals surface area (Å²) in [5.74, 6) is -0.163. The Labute approximate surface area is 168 Å². The maximum atomic E-state index is 12.5. The molecule has 3 N–H and O–H groups in total. The Morgan fingerprint density at radius 2 is 1.86 bits per heavy atom. The van der Waals surface area contributed by atoms with Crippen molar-refractivity contribution in [3.63, 3.8) is 0 Å². The predicted octanol–water partition coefficient (Wildman–Crippen LogP) is 5.90. The number of carbonyl (C=O) groups excluding carboxylic acids is 1. The van der Waals surface area contributed by atoms with Crippen molar-refractivity contribution >= 4 is 5.91 Å². The summed E-state index contributed by atoms with van der Waals surface area (Å²) in [6.07, 6.45) is 11.8. The van der Waals surface area contributed by atoms with Gasteiger partial charge in [-0.05, 0) is 50.3 Å². The van der Waals surface area contributed by atoms with E-state index in [1.165, 1.54) is 37.8 Å². The number of nitrogens with two attached hydrogens (primary N) is 1. The predicted molar refractivity (Wildman–Crippen MR) is 115 cm³/mol. The molecule has 152 valence electrons. The number of rotatable bonds is 6. The lowest BCUT2D eigenvalue weighted by atomic mass is 9.95. The average molecular weight is 383 g/mol. The number of carbonyl (C=O) groups is 1. The van der Waals surface area contributed by atoms with Crippen LogP contribution in [0.2, 0.25) is 0 Å². The third-order valence-corrected chi connectivity index (χ3v) is 6.14. The molecule has 2 aromatic rings. The fourth-order valence-electron chi connectivity index (χ4n) is 4.82. The van der Waals surface area contributed by atoms with E-state index in [1.807, 2.05) is 19.1 Å². The van der Waals surface area contributed by atoms with Gasteiger partial charge in [-0.15, -0.1) is 0 Å². The lowest BCUT2D eigenvalue weighted by Crippen LogP contribution is -2.17. The van der Waals surface area contributed by atoms with Gasteiger partial charge in [0.15, 0.2) is 0 Å². The average Bonchev–Trinajstić information content (AvgIpc) is 2.92. The molecule has 4 nitrogen and oxygen atoms in total. The Morgan fingerprint density at radius 1 is 1.18 bits per heavy atom. The van der Waals surface area contributed by atoms with Crippen molar-refractivity contribution in [2.24, 2.45) is 5.73 Å². The summed E-state index contributed by atoms with van der Waals surface area (Å²) in [4.78, 5) is 12.5. The minimum atomic E-state index is -0.377. The molecule has 0 unspecified atom stereocenters. The van der Waals surface area contributed by atoms with Crippen LogP contribution in [-0.4, -0.2) is 15.6 Å². The largest absolute Gasteiger partial charge is 0.508 e. The zero-order valence-corrected chi connectivity index (χ0v) is 17.3. The monoisotopic (exact) mass is 382 g/mol. The Bertz CT molecular complexity index is 814. The molecule has 0 spiro atoms. The van der Waals surface area contributed by atoms with Crippen LogP contribution in [0.25, 0.3) is 11.1 Å². The van der Waals surface area contributed by atoms with E-state index >= 15 is 0 Å². The van der Waals surface area contributed by atoms with Crippen LogP contribution in [0.5, 0.6) is 5.75 Å². The second-order valence-electron chi connectivity index (χ2n) is 8.17. The molecule has 0 atom stereocenters. The number of aromatic nitrogens is 1. The standard InChI is InChI=1S/C24H34N2O2/c1-3-4-15-21-23(18-11-10-14-20(27)16-18)22(24(25)28)17(2)26(21)19-12-8-6-5-7-9-13-19/h10-11,14,16,19,27H,3-9,12-13,15H2,1-2H3,(H2,25,28). The number of phenolic OH excluding ortho intramolecular Hbond substituents is 1. The van der Waals surface area contributed by atoms with E-state index in [0.717, 1.165) is 48.9 Å². The van der Waals surface area contributed by atoms with Crippen molar-refractivity contribution in [2.75, 3.05) is 0 Å². The van der Waals surface area contributed by atoms with Gasteiger partial charge in [-0.2, -0.15) is 0 Å². The number of hydrogen-bond donors (Lipinski definition) is 2. The van der Waals surface area contributed by atoms with Crippen molar-refractivity contribution < 1.29 is 9.90 Å². The van der Waals surface area contributed by atoms with Gasteiger partial charge in [0.25, 0.3) is 5.91 Å². The van der Waals surface area contributed by atoms with E-state index in [4.69, 9.17) is 5.73 Å². The molecule has 28 heavy (non-hydrogen) atoms. The van der Waals surface area contributed by atoms with Crippen molar-refractivity contribution in [1.29, 1.82) is 0 Å². The highest BCUT2D eigenvalue weighted by Gasteiger charge is 2.28. The SMILES string of the molecule is CCCCc1c(-c2cccc(O)c2)c(C(N)=O)c(C)n1C1CCCCCCC1. The molecule has 1 heterocycles. The third kappa shape index (κ3) is 4.26. The van der Waals surface area contributed by atoms with Gasteiger partial charge in [-0.25, -0.2) is 0 Å². The first-order chi connectivity index (χ1) is 13.5. The molecule has 1 aliphatic rings. The summed E-state index contributed by atoms with van der Waals surface area (Å²) in [6.45, 7) is 4.24. The van der Waals surface area contributed by atoms with Gasteiger partial charge in [0.2, 0.25) is 0 Å². The molecular formula is C24H34N2O2. The summed E-state index contributed by atoms with van der Waals surface area (Å²) in [5, 5.41) is 10.0. The number of nitrogens with zero attached hydrogens (tertiary/aromatic N) is 1. The summed E-state index contributed by atoms with van der Waals surface area (Å²) in [6, 6.07) is 7.65. The van der Waals surface area contributed by atoms with E-state index in [-0.39, 0.29) is 11.7 Å². The minimum absolute atomic E-state index is 0.214. The van der Waals surface area contributed by atoms with E-state index in [0.29, 0.717) is 11.6 Å². The zero-order valence-electron chi connectivity index (χ0n) is 17.3. The number of benzene rings is 1. The lowest BCUT2D eigenvalue weighted by Gasteiger charge is -2.26. The summed E-state index contributed by atoms with van der Waals surface area (Å²) < 4.78 is 2.43. The van der Waals surface area contributed by atoms with E-state index in [9.17, 15) is 9.90 Å². The van der Waals surface area contributed by atoms with Crippen LogP contribution in [0.1, 0.15) is 92.5 Å². The molecule has 1 amide bonds. The van der Waals surface area contributed by atoms with E-state index < -0.39 is 0 Å². The van der Waals surface area contributed by atoms with Gasteiger partial charge in [-0.3, -0.25) is 4.79 Å². The fraction of sp³-hybridized carbons (Fsp3) is 0.542. The second-order valence-corrected chi connectivity index (χ2v) is 8.17. The molecule has 1 aromatic heterocycles. The fourth-order valence-corrected chi connectivity index (χ4v) is 4.82. The van der Waals surface area contributed by atoms with Gasteiger partial charge >= 0.3 is 0 Å². The minimum Gasteiger partial charge on any atom is -0.508 e. The zero-order chi connectivity index (χ0) is 20.1. The van der Waals surface area contributed by atoms with Gasteiger partial charge < -0.3 is 15.4 Å². The Balaban J connectivity index is 2.20. The molecule has 0 aliphatic heterocycles. The van der Waals surface area contributed by atoms with Gasteiger partial charge in [-0.1, -0.05) is 57.6 Å². The first kappa shape index (κ1) is 20.5. The number of primary amides is 1. The Kier molecular flexibility index (Phi) is 6.82. The molecular weight excluding hydrogens is 348 g/mol. The van der Waals surface area contributed by atoms with Crippen LogP contribution in [0.4, 0.5) is 0 Å². The Morgan fingerprint density at radius 3 is 2.46 bits per heavy atom. The van der Waals surface area contributed by atoms with Crippen LogP contribution in [0.15, 0.2) is 24.3 Å². The Hall–Kier alpha value is -2.23. The number of hydrogen-bond acceptors (Lipinski definition) is 2. The van der Waals surface area contributed by atoms with Crippen molar-refractivity contribution in [2.45, 2.75) is 84.1 Å². The van der Waals surface area contributed by atoms with Gasteiger partial charge in [0, 0.05) is 23.0 Å². The molecule has 3 rings (SSSR count). The number of phenols is 1. The summed E-state index contributed by atoms with van der Waals surface area (Å²) in [7, 11) is 0. The van der Waals surface area contributed by atoms with Crippen LogP contribution in [0, 0.1) is 6.92 Å². The highest BCUT2D eigenvalue weighted by Crippen LogP contribution is 2.39. The van der Waals surface area contributed by atoms with Crippen LogP contribution >= 0.6 is 0 Å². The first-order valence-electron chi connectivity index (χ1n) is 10.9. The van der Waals surface area contributed by atoms with Crippen LogP contribution in [0.3, 0.4) is 0 Å². The van der Waals surface area contributed by atoms with Crippen molar-refractivity contribution in [3.8, 4) is 16.9 Å². The van der Waals surface area contributed by atoms with E-state index in [2.05, 4.69) is 11.5 Å². The number of amides is 1. The molecule has 1 saturated carbocycles. The lowest BCUT2D eigenvalue weighted by molar-refractivity contribution is 0.1000. The highest BCUT2D eigenvalue weighted by atomic mass is 16.3. The quantitative estimate of drug-likeness (QED) is 0.653. The molecule has 1 aromatic carbocycles. The van der Waals surface area contributed by atoms with E-state index in [1.54, 1.807) is 12.1 Å².